The van der Waals surface area contributed by atoms with Gasteiger partial charge in [-0.15, -0.1) is 0 Å². The maximum atomic E-state index is 11.4. The summed E-state index contributed by atoms with van der Waals surface area (Å²) in [5.41, 5.74) is 3.17. The maximum Gasteiger partial charge on any atom is 0.221 e. The van der Waals surface area contributed by atoms with Crippen molar-refractivity contribution in [2.45, 2.75) is 18.2 Å². The molecule has 1 aliphatic rings. The number of hydrogen-bond acceptors (Lipinski definition) is 5. The highest BCUT2D eigenvalue weighted by molar-refractivity contribution is 7.94. The summed E-state index contributed by atoms with van der Waals surface area (Å²) in [6.07, 6.45) is 1.05. The minimum Gasteiger partial charge on any atom is -0.371 e. The van der Waals surface area contributed by atoms with Crippen LogP contribution in [0.1, 0.15) is 12.0 Å². The van der Waals surface area contributed by atoms with E-state index in [0.717, 1.165) is 42.4 Å². The molecule has 1 saturated heterocycles. The van der Waals surface area contributed by atoms with E-state index < -0.39 is 0 Å². The zero-order valence-corrected chi connectivity index (χ0v) is 17.7. The SMILES string of the molecule is CNC(=O)CCN(C=O)c1ccc(N2CC(COSc3ccc(C)cc3)C2)cc1. The van der Waals surface area contributed by atoms with Crippen LogP contribution in [-0.4, -0.2) is 45.6 Å². The van der Waals surface area contributed by atoms with Gasteiger partial charge in [0.2, 0.25) is 12.3 Å². The first kappa shape index (κ1) is 21.2. The third-order valence-electron chi connectivity index (χ3n) is 4.97. The lowest BCUT2D eigenvalue weighted by Crippen LogP contribution is -2.48. The zero-order valence-electron chi connectivity index (χ0n) is 16.8. The fourth-order valence-electron chi connectivity index (χ4n) is 3.12. The molecule has 1 heterocycles. The van der Waals surface area contributed by atoms with E-state index in [-0.39, 0.29) is 12.3 Å². The van der Waals surface area contributed by atoms with Crippen LogP contribution in [0.3, 0.4) is 0 Å². The number of nitrogens with one attached hydrogen (secondary N) is 1. The molecular formula is C22H27N3O3S. The van der Waals surface area contributed by atoms with Crippen molar-refractivity contribution in [3.8, 4) is 0 Å². The summed E-state index contributed by atoms with van der Waals surface area (Å²) in [6, 6.07) is 16.2. The molecule has 2 aromatic rings. The molecule has 2 amide bonds. The summed E-state index contributed by atoms with van der Waals surface area (Å²) in [5, 5.41) is 2.57. The smallest absolute Gasteiger partial charge is 0.221 e. The van der Waals surface area contributed by atoms with Crippen LogP contribution < -0.4 is 15.1 Å². The second kappa shape index (κ2) is 10.3. The van der Waals surface area contributed by atoms with Crippen LogP contribution in [0.15, 0.2) is 53.4 Å². The lowest BCUT2D eigenvalue weighted by atomic mass is 10.0. The molecule has 0 radical (unpaired) electrons. The van der Waals surface area contributed by atoms with Crippen molar-refractivity contribution < 1.29 is 13.8 Å². The molecule has 0 bridgehead atoms. The Bertz CT molecular complexity index is 805. The molecule has 0 unspecified atom stereocenters. The number of benzene rings is 2. The molecule has 1 fully saturated rings. The summed E-state index contributed by atoms with van der Waals surface area (Å²) in [6.45, 7) is 5.09. The maximum absolute atomic E-state index is 11.4. The number of aryl methyl sites for hydroxylation is 1. The Kier molecular flexibility index (Phi) is 7.55. The molecule has 0 aliphatic carbocycles. The minimum absolute atomic E-state index is 0.0807. The van der Waals surface area contributed by atoms with Gasteiger partial charge < -0.3 is 19.3 Å². The van der Waals surface area contributed by atoms with Crippen LogP contribution in [0.4, 0.5) is 11.4 Å². The Labute approximate surface area is 176 Å². The van der Waals surface area contributed by atoms with Gasteiger partial charge in [-0.1, -0.05) is 17.7 Å². The highest BCUT2D eigenvalue weighted by atomic mass is 32.2. The Hall–Kier alpha value is -2.51. The third-order valence-corrected chi connectivity index (χ3v) is 5.69. The van der Waals surface area contributed by atoms with Crippen LogP contribution in [0.5, 0.6) is 0 Å². The molecule has 0 saturated carbocycles. The molecule has 2 aromatic carbocycles. The molecule has 1 N–H and O–H groups in total. The number of hydrogen-bond donors (Lipinski definition) is 1. The highest BCUT2D eigenvalue weighted by Gasteiger charge is 2.27. The van der Waals surface area contributed by atoms with E-state index >= 15 is 0 Å². The summed E-state index contributed by atoms with van der Waals surface area (Å²) in [4.78, 5) is 27.7. The van der Waals surface area contributed by atoms with Crippen LogP contribution in [-0.2, 0) is 13.8 Å². The number of amides is 2. The number of rotatable bonds is 10. The molecule has 29 heavy (non-hydrogen) atoms. The van der Waals surface area contributed by atoms with Crippen LogP contribution >= 0.6 is 12.0 Å². The van der Waals surface area contributed by atoms with Gasteiger partial charge in [0, 0.05) is 67.3 Å². The summed E-state index contributed by atoms with van der Waals surface area (Å²) >= 11 is 1.43. The average molecular weight is 414 g/mol. The largest absolute Gasteiger partial charge is 0.371 e. The van der Waals surface area contributed by atoms with Crippen molar-refractivity contribution >= 4 is 35.7 Å². The lowest BCUT2D eigenvalue weighted by molar-refractivity contribution is -0.120. The fraction of sp³-hybridized carbons (Fsp3) is 0.364. The monoisotopic (exact) mass is 413 g/mol. The van der Waals surface area contributed by atoms with Crippen molar-refractivity contribution in [1.82, 2.24) is 5.32 Å². The van der Waals surface area contributed by atoms with Gasteiger partial charge in [-0.05, 0) is 43.3 Å². The van der Waals surface area contributed by atoms with Gasteiger partial charge in [0.25, 0.3) is 0 Å². The summed E-state index contributed by atoms with van der Waals surface area (Å²) < 4.78 is 5.78. The lowest BCUT2D eigenvalue weighted by Gasteiger charge is -2.40. The molecule has 6 nitrogen and oxygen atoms in total. The molecule has 0 atom stereocenters. The van der Waals surface area contributed by atoms with Crippen molar-refractivity contribution in [3.05, 3.63) is 54.1 Å². The van der Waals surface area contributed by atoms with Gasteiger partial charge in [0.1, 0.15) is 0 Å². The van der Waals surface area contributed by atoms with E-state index in [9.17, 15) is 9.59 Å². The Balaban J connectivity index is 1.41. The third kappa shape index (κ3) is 5.98. The topological polar surface area (TPSA) is 61.9 Å². The molecule has 1 aliphatic heterocycles. The molecular weight excluding hydrogens is 386 g/mol. The molecule has 7 heteroatoms. The number of carbonyl (C=O) groups excluding carboxylic acids is 2. The van der Waals surface area contributed by atoms with Gasteiger partial charge in [0.15, 0.2) is 0 Å². The first-order valence-electron chi connectivity index (χ1n) is 9.72. The van der Waals surface area contributed by atoms with Crippen molar-refractivity contribution in [2.24, 2.45) is 5.92 Å². The Morgan fingerprint density at radius 1 is 1.21 bits per heavy atom. The number of carbonyl (C=O) groups is 2. The highest BCUT2D eigenvalue weighted by Crippen LogP contribution is 2.28. The zero-order chi connectivity index (χ0) is 20.6. The van der Waals surface area contributed by atoms with Crippen LogP contribution in [0.2, 0.25) is 0 Å². The van der Waals surface area contributed by atoms with E-state index in [4.69, 9.17) is 4.18 Å². The standard InChI is InChI=1S/C22H27N3O3S/c1-17-3-9-21(10-4-17)29-28-15-18-13-25(14-18)20-7-5-19(6-8-20)24(16-26)12-11-22(27)23-2/h3-10,16,18H,11-15H2,1-2H3,(H,23,27). The van der Waals surface area contributed by atoms with Crippen molar-refractivity contribution in [2.75, 3.05) is 43.1 Å². The molecule has 3 rings (SSSR count). The summed E-state index contributed by atoms with van der Waals surface area (Å²) in [5.74, 6) is 0.439. The number of anilines is 2. The molecule has 0 aromatic heterocycles. The molecule has 154 valence electrons. The van der Waals surface area contributed by atoms with Crippen LogP contribution in [0.25, 0.3) is 0 Å². The van der Waals surface area contributed by atoms with Gasteiger partial charge >= 0.3 is 0 Å². The van der Waals surface area contributed by atoms with Gasteiger partial charge in [-0.25, -0.2) is 0 Å². The fourth-order valence-corrected chi connectivity index (χ4v) is 3.77. The normalized spacial score (nSPS) is 13.7. The Morgan fingerprint density at radius 2 is 1.90 bits per heavy atom. The van der Waals surface area contributed by atoms with Gasteiger partial charge in [0.05, 0.1) is 6.61 Å². The second-order valence-electron chi connectivity index (χ2n) is 7.19. The quantitative estimate of drug-likeness (QED) is 0.479. The predicted molar refractivity (Wildman–Crippen MR) is 117 cm³/mol. The van der Waals surface area contributed by atoms with Gasteiger partial charge in [-0.3, -0.25) is 9.59 Å². The molecule has 0 spiro atoms. The average Bonchev–Trinajstić information content (AvgIpc) is 2.72. The van der Waals surface area contributed by atoms with Crippen molar-refractivity contribution in [3.63, 3.8) is 0 Å². The van der Waals surface area contributed by atoms with Gasteiger partial charge in [-0.2, -0.15) is 0 Å². The summed E-state index contributed by atoms with van der Waals surface area (Å²) in [7, 11) is 1.59. The second-order valence-corrected chi connectivity index (χ2v) is 8.06. The first-order chi connectivity index (χ1) is 14.1. The van der Waals surface area contributed by atoms with E-state index in [0.29, 0.717) is 12.5 Å². The first-order valence-corrected chi connectivity index (χ1v) is 10.5. The Morgan fingerprint density at radius 3 is 2.52 bits per heavy atom. The van der Waals surface area contributed by atoms with E-state index in [1.54, 1.807) is 11.9 Å². The minimum atomic E-state index is -0.0807. The van der Waals surface area contributed by atoms with E-state index in [1.807, 2.05) is 24.3 Å². The van der Waals surface area contributed by atoms with Crippen molar-refractivity contribution in [1.29, 1.82) is 0 Å². The number of nitrogens with zero attached hydrogens (tertiary/aromatic N) is 2. The van der Waals surface area contributed by atoms with E-state index in [2.05, 4.69) is 41.4 Å². The van der Waals surface area contributed by atoms with E-state index in [1.165, 1.54) is 17.6 Å². The van der Waals surface area contributed by atoms with Crippen LogP contribution in [0, 0.1) is 12.8 Å². The predicted octanol–water partition coefficient (Wildman–Crippen LogP) is 3.25.